The standard InChI is InChI=1S/C16H33N3/c1-13-5-6-14(2)16(11-13,12-17)19-9-7-15(8-10-19)18(3)4/h13-15H,5-12,17H2,1-4H3. The van der Waals surface area contributed by atoms with Crippen molar-refractivity contribution in [1.82, 2.24) is 9.80 Å². The Morgan fingerprint density at radius 1 is 1.11 bits per heavy atom. The van der Waals surface area contributed by atoms with Crippen LogP contribution in [0.5, 0.6) is 0 Å². The topological polar surface area (TPSA) is 32.5 Å². The van der Waals surface area contributed by atoms with E-state index in [0.717, 1.165) is 24.4 Å². The van der Waals surface area contributed by atoms with Gasteiger partial charge in [0.1, 0.15) is 0 Å². The first-order chi connectivity index (χ1) is 8.99. The van der Waals surface area contributed by atoms with Gasteiger partial charge in [-0.15, -0.1) is 0 Å². The fourth-order valence-corrected chi connectivity index (χ4v) is 4.39. The Morgan fingerprint density at radius 3 is 2.26 bits per heavy atom. The molecule has 0 aromatic heterocycles. The molecule has 0 amide bonds. The van der Waals surface area contributed by atoms with Gasteiger partial charge >= 0.3 is 0 Å². The van der Waals surface area contributed by atoms with Crippen molar-refractivity contribution in [2.45, 2.75) is 57.5 Å². The Balaban J connectivity index is 2.05. The highest BCUT2D eigenvalue weighted by molar-refractivity contribution is 5.01. The molecule has 3 heteroatoms. The normalized spacial score (nSPS) is 38.8. The van der Waals surface area contributed by atoms with Crippen molar-refractivity contribution in [1.29, 1.82) is 0 Å². The van der Waals surface area contributed by atoms with Crippen molar-refractivity contribution in [2.75, 3.05) is 33.7 Å². The predicted molar refractivity (Wildman–Crippen MR) is 82.2 cm³/mol. The fourth-order valence-electron chi connectivity index (χ4n) is 4.39. The second kappa shape index (κ2) is 6.11. The van der Waals surface area contributed by atoms with Crippen LogP contribution in [0.25, 0.3) is 0 Å². The lowest BCUT2D eigenvalue weighted by atomic mass is 9.68. The van der Waals surface area contributed by atoms with Crippen molar-refractivity contribution in [3.8, 4) is 0 Å². The number of nitrogens with two attached hydrogens (primary N) is 1. The summed E-state index contributed by atoms with van der Waals surface area (Å²) in [5.41, 5.74) is 6.55. The number of hydrogen-bond donors (Lipinski definition) is 1. The molecule has 0 aromatic rings. The molecule has 0 bridgehead atoms. The monoisotopic (exact) mass is 267 g/mol. The second-order valence-electron chi connectivity index (χ2n) is 7.28. The van der Waals surface area contributed by atoms with Crippen molar-refractivity contribution < 1.29 is 0 Å². The number of rotatable bonds is 3. The van der Waals surface area contributed by atoms with Crippen molar-refractivity contribution in [2.24, 2.45) is 17.6 Å². The average molecular weight is 267 g/mol. The molecule has 1 saturated carbocycles. The van der Waals surface area contributed by atoms with Gasteiger partial charge in [0.05, 0.1) is 0 Å². The molecule has 3 nitrogen and oxygen atoms in total. The van der Waals surface area contributed by atoms with Crippen LogP contribution in [0.3, 0.4) is 0 Å². The van der Waals surface area contributed by atoms with E-state index in [1.807, 2.05) is 0 Å². The van der Waals surface area contributed by atoms with Crippen molar-refractivity contribution in [3.05, 3.63) is 0 Å². The highest BCUT2D eigenvalue weighted by Gasteiger charge is 2.45. The molecule has 0 radical (unpaired) electrons. The Morgan fingerprint density at radius 2 is 1.74 bits per heavy atom. The van der Waals surface area contributed by atoms with Crippen molar-refractivity contribution >= 4 is 0 Å². The zero-order valence-electron chi connectivity index (χ0n) is 13.4. The summed E-state index contributed by atoms with van der Waals surface area (Å²) in [6.45, 7) is 8.14. The smallest absolute Gasteiger partial charge is 0.0359 e. The van der Waals surface area contributed by atoms with Crippen LogP contribution >= 0.6 is 0 Å². The van der Waals surface area contributed by atoms with E-state index >= 15 is 0 Å². The van der Waals surface area contributed by atoms with Crippen LogP contribution in [0.15, 0.2) is 0 Å². The van der Waals surface area contributed by atoms with Gasteiger partial charge in [0.25, 0.3) is 0 Å². The molecule has 1 aliphatic carbocycles. The molecule has 112 valence electrons. The van der Waals surface area contributed by atoms with E-state index in [0.29, 0.717) is 0 Å². The quantitative estimate of drug-likeness (QED) is 0.850. The van der Waals surface area contributed by atoms with E-state index in [4.69, 9.17) is 5.73 Å². The molecule has 2 fully saturated rings. The van der Waals surface area contributed by atoms with Gasteiger partial charge in [0.15, 0.2) is 0 Å². The van der Waals surface area contributed by atoms with E-state index in [-0.39, 0.29) is 5.54 Å². The first-order valence-electron chi connectivity index (χ1n) is 8.11. The highest BCUT2D eigenvalue weighted by Crippen LogP contribution is 2.41. The molecule has 3 atom stereocenters. The van der Waals surface area contributed by atoms with E-state index in [1.165, 1.54) is 45.2 Å². The van der Waals surface area contributed by atoms with E-state index in [2.05, 4.69) is 37.7 Å². The number of hydrogen-bond acceptors (Lipinski definition) is 3. The summed E-state index contributed by atoms with van der Waals surface area (Å²) in [5, 5.41) is 0. The molecule has 1 saturated heterocycles. The van der Waals surface area contributed by atoms with Gasteiger partial charge in [-0.3, -0.25) is 4.90 Å². The van der Waals surface area contributed by atoms with Gasteiger partial charge in [-0.25, -0.2) is 0 Å². The third kappa shape index (κ3) is 2.98. The Kier molecular flexibility index (Phi) is 4.91. The summed E-state index contributed by atoms with van der Waals surface area (Å²) in [6, 6.07) is 0.766. The molecular formula is C16H33N3. The molecule has 2 rings (SSSR count). The first kappa shape index (κ1) is 15.3. The zero-order valence-corrected chi connectivity index (χ0v) is 13.4. The van der Waals surface area contributed by atoms with Gasteiger partial charge in [-0.2, -0.15) is 0 Å². The summed E-state index contributed by atoms with van der Waals surface area (Å²) in [7, 11) is 4.43. The highest BCUT2D eigenvalue weighted by atomic mass is 15.2. The van der Waals surface area contributed by atoms with Gasteiger partial charge in [-0.05, 0) is 51.6 Å². The lowest BCUT2D eigenvalue weighted by molar-refractivity contribution is -0.0270. The Hall–Kier alpha value is -0.120. The molecule has 0 spiro atoms. The largest absolute Gasteiger partial charge is 0.329 e. The lowest BCUT2D eigenvalue weighted by Crippen LogP contribution is -2.62. The second-order valence-corrected chi connectivity index (χ2v) is 7.28. The average Bonchev–Trinajstić information content (AvgIpc) is 2.41. The molecular weight excluding hydrogens is 234 g/mol. The summed E-state index contributed by atoms with van der Waals surface area (Å²) in [6.07, 6.45) is 6.64. The van der Waals surface area contributed by atoms with E-state index in [1.54, 1.807) is 0 Å². The minimum atomic E-state index is 0.287. The van der Waals surface area contributed by atoms with Crippen LogP contribution < -0.4 is 5.73 Å². The van der Waals surface area contributed by atoms with E-state index < -0.39 is 0 Å². The third-order valence-electron chi connectivity index (χ3n) is 5.89. The minimum absolute atomic E-state index is 0.287. The maximum Gasteiger partial charge on any atom is 0.0359 e. The zero-order chi connectivity index (χ0) is 14.0. The third-order valence-corrected chi connectivity index (χ3v) is 5.89. The Bertz CT molecular complexity index is 284. The molecule has 1 heterocycles. The molecule has 19 heavy (non-hydrogen) atoms. The summed E-state index contributed by atoms with van der Waals surface area (Å²) in [4.78, 5) is 5.13. The van der Waals surface area contributed by atoms with Crippen LogP contribution in [0.4, 0.5) is 0 Å². The van der Waals surface area contributed by atoms with E-state index in [9.17, 15) is 0 Å². The fraction of sp³-hybridized carbons (Fsp3) is 1.00. The first-order valence-corrected chi connectivity index (χ1v) is 8.11. The van der Waals surface area contributed by atoms with Crippen LogP contribution in [0.2, 0.25) is 0 Å². The van der Waals surface area contributed by atoms with Crippen LogP contribution in [-0.4, -0.2) is 55.1 Å². The van der Waals surface area contributed by atoms with Crippen LogP contribution in [-0.2, 0) is 0 Å². The Labute approximate surface area is 119 Å². The molecule has 2 aliphatic rings. The van der Waals surface area contributed by atoms with Gasteiger partial charge in [0, 0.05) is 31.2 Å². The number of nitrogens with zero attached hydrogens (tertiary/aromatic N) is 2. The maximum atomic E-state index is 6.26. The maximum absolute atomic E-state index is 6.26. The number of piperidine rings is 1. The summed E-state index contributed by atoms with van der Waals surface area (Å²) in [5.74, 6) is 1.59. The summed E-state index contributed by atoms with van der Waals surface area (Å²) < 4.78 is 0. The van der Waals surface area contributed by atoms with Gasteiger partial charge < -0.3 is 10.6 Å². The van der Waals surface area contributed by atoms with Crippen LogP contribution in [0, 0.1) is 11.8 Å². The summed E-state index contributed by atoms with van der Waals surface area (Å²) >= 11 is 0. The minimum Gasteiger partial charge on any atom is -0.329 e. The van der Waals surface area contributed by atoms with Crippen LogP contribution in [0.1, 0.15) is 46.0 Å². The lowest BCUT2D eigenvalue weighted by Gasteiger charge is -2.54. The number of likely N-dealkylation sites (tertiary alicyclic amines) is 1. The predicted octanol–water partition coefficient (Wildman–Crippen LogP) is 2.17. The molecule has 0 aromatic carbocycles. The molecule has 2 N–H and O–H groups in total. The molecule has 3 unspecified atom stereocenters. The van der Waals surface area contributed by atoms with Crippen molar-refractivity contribution in [3.63, 3.8) is 0 Å². The van der Waals surface area contributed by atoms with Gasteiger partial charge in [0.2, 0.25) is 0 Å². The van der Waals surface area contributed by atoms with Gasteiger partial charge in [-0.1, -0.05) is 20.3 Å². The molecule has 1 aliphatic heterocycles. The SMILES string of the molecule is CC1CCC(C)C(CN)(N2CCC(N(C)C)CC2)C1.